The van der Waals surface area contributed by atoms with Crippen LogP contribution in [0.4, 0.5) is 0 Å². The van der Waals surface area contributed by atoms with Crippen LogP contribution >= 0.6 is 0 Å². The maximum atomic E-state index is 11.2. The molecule has 0 aromatic heterocycles. The first-order chi connectivity index (χ1) is 6.17. The van der Waals surface area contributed by atoms with Gasteiger partial charge < -0.3 is 4.74 Å². The van der Waals surface area contributed by atoms with Crippen LogP contribution in [0.25, 0.3) is 0 Å². The van der Waals surface area contributed by atoms with Gasteiger partial charge in [0.2, 0.25) is 0 Å². The molecule has 1 aromatic carbocycles. The number of hydrogen-bond donors (Lipinski definition) is 0. The number of esters is 1. The maximum absolute atomic E-state index is 11.2. The molecule has 0 aliphatic carbocycles. The molecule has 1 aromatic rings. The zero-order valence-electron chi connectivity index (χ0n) is 8.18. The maximum Gasteiger partial charge on any atom is 0.337 e. The molecule has 0 unspecified atom stereocenters. The molecule has 2 heteroatoms. The van der Waals surface area contributed by atoms with Crippen molar-refractivity contribution in [2.24, 2.45) is 0 Å². The molecule has 2 nitrogen and oxygen atoms in total. The average Bonchev–Trinajstić information content (AvgIpc) is 2.15. The second kappa shape index (κ2) is 4.08. The molecule has 0 atom stereocenters. The minimum absolute atomic E-state index is 0.285. The predicted molar refractivity (Wildman–Crippen MR) is 50.7 cm³/mol. The second-order valence-corrected chi connectivity index (χ2v) is 2.92. The lowest BCUT2D eigenvalue weighted by molar-refractivity contribution is 0.0600. The summed E-state index contributed by atoms with van der Waals surface area (Å²) in [4.78, 5) is 11.2. The van der Waals surface area contributed by atoms with Crippen LogP contribution in [0.5, 0.6) is 0 Å². The van der Waals surface area contributed by atoms with Crippen LogP contribution in [0.15, 0.2) is 12.1 Å². The van der Waals surface area contributed by atoms with E-state index in [2.05, 4.69) is 10.8 Å². The third kappa shape index (κ3) is 2.31. The zero-order chi connectivity index (χ0) is 9.84. The highest BCUT2D eigenvalue weighted by Crippen LogP contribution is 2.10. The minimum Gasteiger partial charge on any atom is -0.465 e. The lowest BCUT2D eigenvalue weighted by Gasteiger charge is -2.03. The molecule has 13 heavy (non-hydrogen) atoms. The minimum atomic E-state index is -0.285. The summed E-state index contributed by atoms with van der Waals surface area (Å²) in [5, 5.41) is 0. The quantitative estimate of drug-likeness (QED) is 0.647. The molecule has 1 rings (SSSR count). The summed E-state index contributed by atoms with van der Waals surface area (Å²) in [6, 6.07) is 6.77. The largest absolute Gasteiger partial charge is 0.465 e. The molecule has 0 heterocycles. The van der Waals surface area contributed by atoms with Gasteiger partial charge in [0.1, 0.15) is 0 Å². The number of benzene rings is 1. The Morgan fingerprint density at radius 2 is 2.23 bits per heavy atom. The lowest BCUT2D eigenvalue weighted by atomic mass is 10.1. The Morgan fingerprint density at radius 3 is 2.77 bits per heavy atom. The van der Waals surface area contributed by atoms with E-state index in [-0.39, 0.29) is 5.97 Å². The number of carbonyl (C=O) groups is 1. The van der Waals surface area contributed by atoms with Crippen LogP contribution < -0.4 is 0 Å². The average molecular weight is 177 g/mol. The standard InChI is InChI=1S/C11H13O2/c1-4-9-5-8(2)6-10(7-9)11(12)13-3/h6-7H,4H2,1-3H3. The highest BCUT2D eigenvalue weighted by Gasteiger charge is 2.06. The highest BCUT2D eigenvalue weighted by atomic mass is 16.5. The van der Waals surface area contributed by atoms with Crippen molar-refractivity contribution < 1.29 is 9.53 Å². The fourth-order valence-electron chi connectivity index (χ4n) is 1.21. The predicted octanol–water partition coefficient (Wildman–Crippen LogP) is 2.14. The number of aryl methyl sites for hydroxylation is 2. The monoisotopic (exact) mass is 177 g/mol. The fourth-order valence-corrected chi connectivity index (χ4v) is 1.21. The van der Waals surface area contributed by atoms with Gasteiger partial charge in [-0.05, 0) is 42.7 Å². The van der Waals surface area contributed by atoms with Crippen LogP contribution in [-0.4, -0.2) is 13.1 Å². The summed E-state index contributed by atoms with van der Waals surface area (Å²) < 4.78 is 4.64. The van der Waals surface area contributed by atoms with Gasteiger partial charge in [-0.25, -0.2) is 4.79 Å². The van der Waals surface area contributed by atoms with Gasteiger partial charge in [0.05, 0.1) is 12.7 Å². The molecule has 69 valence electrons. The van der Waals surface area contributed by atoms with Crippen LogP contribution in [0, 0.1) is 13.0 Å². The summed E-state index contributed by atoms with van der Waals surface area (Å²) in [5.41, 5.74) is 2.62. The van der Waals surface area contributed by atoms with Crippen molar-refractivity contribution in [3.05, 3.63) is 34.9 Å². The van der Waals surface area contributed by atoms with Crippen molar-refractivity contribution in [1.29, 1.82) is 0 Å². The van der Waals surface area contributed by atoms with Crippen LogP contribution in [0.2, 0.25) is 0 Å². The summed E-state index contributed by atoms with van der Waals surface area (Å²) in [6.45, 7) is 3.96. The third-order valence-electron chi connectivity index (χ3n) is 1.86. The molecule has 0 saturated heterocycles. The van der Waals surface area contributed by atoms with Gasteiger partial charge in [0.15, 0.2) is 0 Å². The van der Waals surface area contributed by atoms with Crippen molar-refractivity contribution in [2.75, 3.05) is 7.11 Å². The van der Waals surface area contributed by atoms with Gasteiger partial charge in [-0.3, -0.25) is 0 Å². The highest BCUT2D eigenvalue weighted by molar-refractivity contribution is 5.89. The van der Waals surface area contributed by atoms with Crippen molar-refractivity contribution in [3.8, 4) is 0 Å². The topological polar surface area (TPSA) is 26.3 Å². The molecule has 0 bridgehead atoms. The first kappa shape index (κ1) is 9.78. The van der Waals surface area contributed by atoms with E-state index in [4.69, 9.17) is 0 Å². The smallest absolute Gasteiger partial charge is 0.337 e. The molecule has 0 aliphatic rings. The number of ether oxygens (including phenoxy) is 1. The summed E-state index contributed by atoms with van der Waals surface area (Å²) in [7, 11) is 1.39. The van der Waals surface area contributed by atoms with E-state index < -0.39 is 0 Å². The van der Waals surface area contributed by atoms with Crippen LogP contribution in [0.1, 0.15) is 28.4 Å². The fraction of sp³-hybridized carbons (Fsp3) is 0.364. The number of hydrogen-bond acceptors (Lipinski definition) is 2. The molecule has 0 fully saturated rings. The van der Waals surface area contributed by atoms with Crippen molar-refractivity contribution in [1.82, 2.24) is 0 Å². The lowest BCUT2D eigenvalue weighted by Crippen LogP contribution is -2.02. The Labute approximate surface area is 78.5 Å². The Hall–Kier alpha value is -1.31. The number of rotatable bonds is 2. The van der Waals surface area contributed by atoms with Gasteiger partial charge in [-0.2, -0.15) is 0 Å². The summed E-state index contributed by atoms with van der Waals surface area (Å²) in [5.74, 6) is -0.285. The molecule has 0 amide bonds. The Bertz CT molecular complexity index is 316. The molecule has 0 aliphatic heterocycles. The Balaban J connectivity index is 3.08. The molecule has 0 spiro atoms. The van der Waals surface area contributed by atoms with Gasteiger partial charge in [-0.1, -0.05) is 6.92 Å². The molecular weight excluding hydrogens is 164 g/mol. The molecule has 1 radical (unpaired) electrons. The van der Waals surface area contributed by atoms with E-state index in [1.807, 2.05) is 19.9 Å². The van der Waals surface area contributed by atoms with E-state index in [1.165, 1.54) is 7.11 Å². The zero-order valence-corrected chi connectivity index (χ0v) is 8.18. The van der Waals surface area contributed by atoms with Crippen molar-refractivity contribution in [3.63, 3.8) is 0 Å². The summed E-state index contributed by atoms with van der Waals surface area (Å²) >= 11 is 0. The van der Waals surface area contributed by atoms with Gasteiger partial charge in [-0.15, -0.1) is 0 Å². The Morgan fingerprint density at radius 1 is 1.54 bits per heavy atom. The van der Waals surface area contributed by atoms with Gasteiger partial charge in [0.25, 0.3) is 0 Å². The van der Waals surface area contributed by atoms with Crippen LogP contribution in [-0.2, 0) is 11.2 Å². The normalized spacial score (nSPS) is 9.77. The van der Waals surface area contributed by atoms with Gasteiger partial charge in [0, 0.05) is 0 Å². The molecular formula is C11H13O2. The third-order valence-corrected chi connectivity index (χ3v) is 1.86. The molecule has 0 N–H and O–H groups in total. The molecule has 0 saturated carbocycles. The number of carbonyl (C=O) groups excluding carboxylic acids is 1. The van der Waals surface area contributed by atoms with E-state index in [1.54, 1.807) is 6.07 Å². The summed E-state index contributed by atoms with van der Waals surface area (Å²) in [6.07, 6.45) is 0.881. The van der Waals surface area contributed by atoms with Crippen molar-refractivity contribution >= 4 is 5.97 Å². The first-order valence-electron chi connectivity index (χ1n) is 4.28. The first-order valence-corrected chi connectivity index (χ1v) is 4.28. The van der Waals surface area contributed by atoms with Crippen LogP contribution in [0.3, 0.4) is 0 Å². The van der Waals surface area contributed by atoms with E-state index in [0.717, 1.165) is 17.5 Å². The SMILES string of the molecule is CCc1[c]c(C)cc(C(=O)OC)c1. The van der Waals surface area contributed by atoms with E-state index >= 15 is 0 Å². The second-order valence-electron chi connectivity index (χ2n) is 2.92. The Kier molecular flexibility index (Phi) is 3.07. The number of methoxy groups -OCH3 is 1. The van der Waals surface area contributed by atoms with E-state index in [9.17, 15) is 4.79 Å². The van der Waals surface area contributed by atoms with Crippen molar-refractivity contribution in [2.45, 2.75) is 20.3 Å². The van der Waals surface area contributed by atoms with E-state index in [0.29, 0.717) is 5.56 Å². The van der Waals surface area contributed by atoms with Gasteiger partial charge >= 0.3 is 5.97 Å².